The smallest absolute Gasteiger partial charge is 0.420 e. The van der Waals surface area contributed by atoms with Crippen LogP contribution in [0.5, 0.6) is 0 Å². The van der Waals surface area contributed by atoms with E-state index in [2.05, 4.69) is 4.98 Å². The summed E-state index contributed by atoms with van der Waals surface area (Å²) in [5.74, 6) is -0.267. The van der Waals surface area contributed by atoms with Crippen molar-refractivity contribution >= 4 is 27.9 Å². The zero-order chi connectivity index (χ0) is 15.4. The first-order valence-electron chi connectivity index (χ1n) is 6.19. The zero-order valence-electron chi connectivity index (χ0n) is 11.2. The molecule has 3 aromatic rings. The predicted molar refractivity (Wildman–Crippen MR) is 71.3 cm³/mol. The second-order valence-electron chi connectivity index (χ2n) is 4.88. The fraction of sp³-hybridized carbons (Fsp3) is 0.200. The molecule has 2 heterocycles. The van der Waals surface area contributed by atoms with Gasteiger partial charge in [-0.1, -0.05) is 0 Å². The Morgan fingerprint density at radius 1 is 1.24 bits per heavy atom. The summed E-state index contributed by atoms with van der Waals surface area (Å²) in [7, 11) is 0. The number of hydrogen-bond donors (Lipinski definition) is 0. The summed E-state index contributed by atoms with van der Waals surface area (Å²) in [5.41, 5.74) is 0.0491. The van der Waals surface area contributed by atoms with Crippen molar-refractivity contribution in [1.82, 2.24) is 4.98 Å². The van der Waals surface area contributed by atoms with Gasteiger partial charge in [0.15, 0.2) is 11.4 Å². The molecule has 0 radical (unpaired) electrons. The molecule has 0 aliphatic carbocycles. The predicted octanol–water partition coefficient (Wildman–Crippen LogP) is 4.51. The Bertz CT molecular complexity index is 878. The zero-order valence-corrected chi connectivity index (χ0v) is 11.2. The first-order valence-corrected chi connectivity index (χ1v) is 6.19. The number of nitrogens with zero attached hydrogens (tertiary/aromatic N) is 1. The van der Waals surface area contributed by atoms with Crippen LogP contribution in [0.2, 0.25) is 0 Å². The maximum Gasteiger partial charge on any atom is 0.420 e. The number of ketones is 1. The number of benzene rings is 1. The third-order valence-electron chi connectivity index (χ3n) is 3.28. The third kappa shape index (κ3) is 2.07. The molecule has 0 bridgehead atoms. The molecule has 0 amide bonds. The van der Waals surface area contributed by atoms with Gasteiger partial charge in [0.05, 0.1) is 5.56 Å². The van der Waals surface area contributed by atoms with Gasteiger partial charge in [-0.05, 0) is 37.6 Å². The molecule has 0 N–H and O–H groups in total. The SMILES string of the molecule is CC(=O)c1cc(C)cc2c1oc1c(C(F)(F)F)ccnc12. The van der Waals surface area contributed by atoms with Crippen LogP contribution in [-0.2, 0) is 6.18 Å². The van der Waals surface area contributed by atoms with Gasteiger partial charge in [0.2, 0.25) is 0 Å². The van der Waals surface area contributed by atoms with E-state index in [-0.39, 0.29) is 28.0 Å². The van der Waals surface area contributed by atoms with Gasteiger partial charge in [-0.15, -0.1) is 0 Å². The second-order valence-corrected chi connectivity index (χ2v) is 4.88. The van der Waals surface area contributed by atoms with Crippen LogP contribution in [0.25, 0.3) is 22.1 Å². The number of carbonyl (C=O) groups excluding carboxylic acids is 1. The number of halogens is 3. The van der Waals surface area contributed by atoms with Crippen molar-refractivity contribution in [2.75, 3.05) is 0 Å². The van der Waals surface area contributed by atoms with Gasteiger partial charge >= 0.3 is 6.18 Å². The van der Waals surface area contributed by atoms with E-state index in [0.717, 1.165) is 17.8 Å². The highest BCUT2D eigenvalue weighted by molar-refractivity contribution is 6.12. The van der Waals surface area contributed by atoms with Gasteiger partial charge in [0.25, 0.3) is 0 Å². The van der Waals surface area contributed by atoms with Gasteiger partial charge < -0.3 is 4.42 Å². The van der Waals surface area contributed by atoms with Gasteiger partial charge in [-0.2, -0.15) is 13.2 Å². The number of pyridine rings is 1. The highest BCUT2D eigenvalue weighted by Gasteiger charge is 2.35. The molecule has 0 spiro atoms. The lowest BCUT2D eigenvalue weighted by molar-refractivity contribution is -0.136. The molecular weight excluding hydrogens is 283 g/mol. The van der Waals surface area contributed by atoms with E-state index in [1.54, 1.807) is 19.1 Å². The number of Topliss-reactive ketones (excluding diaryl/α,β-unsaturated/α-hetero) is 1. The number of hydrogen-bond acceptors (Lipinski definition) is 3. The summed E-state index contributed by atoms with van der Waals surface area (Å²) in [4.78, 5) is 15.6. The molecule has 0 saturated carbocycles. The van der Waals surface area contributed by atoms with E-state index >= 15 is 0 Å². The van der Waals surface area contributed by atoms with Crippen LogP contribution in [0.3, 0.4) is 0 Å². The first kappa shape index (κ1) is 13.6. The van der Waals surface area contributed by atoms with E-state index in [4.69, 9.17) is 4.42 Å². The van der Waals surface area contributed by atoms with Crippen LogP contribution < -0.4 is 0 Å². The Balaban J connectivity index is 2.51. The largest absolute Gasteiger partial charge is 0.453 e. The monoisotopic (exact) mass is 293 g/mol. The van der Waals surface area contributed by atoms with E-state index in [1.807, 2.05) is 0 Å². The van der Waals surface area contributed by atoms with E-state index in [0.29, 0.717) is 5.39 Å². The number of fused-ring (bicyclic) bond motifs is 3. The Labute approximate surface area is 117 Å². The van der Waals surface area contributed by atoms with Gasteiger partial charge in [0, 0.05) is 11.6 Å². The molecule has 0 saturated heterocycles. The highest BCUT2D eigenvalue weighted by atomic mass is 19.4. The van der Waals surface area contributed by atoms with E-state index < -0.39 is 11.7 Å². The highest BCUT2D eigenvalue weighted by Crippen LogP contribution is 2.39. The van der Waals surface area contributed by atoms with Crippen molar-refractivity contribution in [3.05, 3.63) is 41.1 Å². The average molecular weight is 293 g/mol. The van der Waals surface area contributed by atoms with Crippen molar-refractivity contribution in [3.63, 3.8) is 0 Å². The Hall–Kier alpha value is -2.37. The molecule has 6 heteroatoms. The third-order valence-corrected chi connectivity index (χ3v) is 3.28. The molecule has 1 aromatic carbocycles. The van der Waals surface area contributed by atoms with E-state index in [9.17, 15) is 18.0 Å². The van der Waals surface area contributed by atoms with Gasteiger partial charge in [0.1, 0.15) is 16.7 Å². The van der Waals surface area contributed by atoms with Crippen molar-refractivity contribution in [2.45, 2.75) is 20.0 Å². The van der Waals surface area contributed by atoms with Crippen LogP contribution in [-0.4, -0.2) is 10.8 Å². The lowest BCUT2D eigenvalue weighted by Crippen LogP contribution is -2.05. The minimum absolute atomic E-state index is 0.117. The Morgan fingerprint density at radius 3 is 2.57 bits per heavy atom. The Kier molecular flexibility index (Phi) is 2.79. The summed E-state index contributed by atoms with van der Waals surface area (Å²) in [6.07, 6.45) is -3.45. The summed E-state index contributed by atoms with van der Waals surface area (Å²) in [6, 6.07) is 4.13. The molecule has 0 aliphatic rings. The molecule has 108 valence electrons. The van der Waals surface area contributed by atoms with E-state index in [1.165, 1.54) is 6.92 Å². The lowest BCUT2D eigenvalue weighted by atomic mass is 10.0. The number of furan rings is 1. The van der Waals surface area contributed by atoms with Crippen LogP contribution in [0.15, 0.2) is 28.8 Å². The number of aryl methyl sites for hydroxylation is 1. The quantitative estimate of drug-likeness (QED) is 0.620. The summed E-state index contributed by atoms with van der Waals surface area (Å²) < 4.78 is 44.4. The molecule has 2 aromatic heterocycles. The summed E-state index contributed by atoms with van der Waals surface area (Å²) in [6.45, 7) is 3.11. The molecule has 0 atom stereocenters. The summed E-state index contributed by atoms with van der Waals surface area (Å²) >= 11 is 0. The molecule has 21 heavy (non-hydrogen) atoms. The van der Waals surface area contributed by atoms with Crippen molar-refractivity contribution < 1.29 is 22.4 Å². The molecule has 3 nitrogen and oxygen atoms in total. The van der Waals surface area contributed by atoms with Crippen LogP contribution >= 0.6 is 0 Å². The molecular formula is C15H10F3NO2. The number of aromatic nitrogens is 1. The topological polar surface area (TPSA) is 43.1 Å². The molecule has 3 rings (SSSR count). The molecule has 0 fully saturated rings. The minimum atomic E-state index is -4.54. The maximum atomic E-state index is 13.0. The van der Waals surface area contributed by atoms with Crippen molar-refractivity contribution in [3.8, 4) is 0 Å². The van der Waals surface area contributed by atoms with Crippen LogP contribution in [0.1, 0.15) is 28.4 Å². The normalized spacial score (nSPS) is 12.2. The van der Waals surface area contributed by atoms with Crippen molar-refractivity contribution in [2.24, 2.45) is 0 Å². The lowest BCUT2D eigenvalue weighted by Gasteiger charge is -2.05. The van der Waals surface area contributed by atoms with Gasteiger partial charge in [-0.3, -0.25) is 9.78 Å². The fourth-order valence-corrected chi connectivity index (χ4v) is 2.39. The fourth-order valence-electron chi connectivity index (χ4n) is 2.39. The van der Waals surface area contributed by atoms with Gasteiger partial charge in [-0.25, -0.2) is 0 Å². The Morgan fingerprint density at radius 2 is 1.95 bits per heavy atom. The average Bonchev–Trinajstić information content (AvgIpc) is 2.74. The molecule has 0 unspecified atom stereocenters. The van der Waals surface area contributed by atoms with Crippen molar-refractivity contribution in [1.29, 1.82) is 0 Å². The maximum absolute atomic E-state index is 13.0. The standard InChI is InChI=1S/C15H10F3NO2/c1-7-5-9(8(2)20)13-10(6-7)12-14(21-13)11(3-4-19-12)15(16,17)18/h3-6H,1-2H3. The number of carbonyl (C=O) groups is 1. The first-order chi connectivity index (χ1) is 9.79. The van der Waals surface area contributed by atoms with Crippen LogP contribution in [0.4, 0.5) is 13.2 Å². The molecule has 0 aliphatic heterocycles. The summed E-state index contributed by atoms with van der Waals surface area (Å²) in [5, 5.41) is 0.418. The second kappa shape index (κ2) is 4.31. The number of rotatable bonds is 1. The number of alkyl halides is 3. The minimum Gasteiger partial charge on any atom is -0.453 e. The van der Waals surface area contributed by atoms with Crippen LogP contribution in [0, 0.1) is 6.92 Å².